The molecule has 1 aliphatic heterocycles. The Labute approximate surface area is 115 Å². The summed E-state index contributed by atoms with van der Waals surface area (Å²) in [7, 11) is 0. The van der Waals surface area contributed by atoms with Gasteiger partial charge in [0.05, 0.1) is 0 Å². The van der Waals surface area contributed by atoms with E-state index in [4.69, 9.17) is 9.47 Å². The van der Waals surface area contributed by atoms with Gasteiger partial charge in [0.15, 0.2) is 11.5 Å². The fraction of sp³-hybridized carbons (Fsp3) is 0.625. The fourth-order valence-electron chi connectivity index (χ4n) is 3.37. The molecule has 1 fully saturated rings. The second-order valence-electron chi connectivity index (χ2n) is 5.82. The number of para-hydroxylation sites is 1. The second-order valence-corrected chi connectivity index (χ2v) is 5.82. The number of fused-ring (bicyclic) bond motifs is 1. The van der Waals surface area contributed by atoms with Gasteiger partial charge in [-0.15, -0.1) is 0 Å². The summed E-state index contributed by atoms with van der Waals surface area (Å²) in [5.74, 6) is 1.80. The number of ether oxygens (including phenoxy) is 2. The third-order valence-electron chi connectivity index (χ3n) is 4.71. The van der Waals surface area contributed by atoms with E-state index in [2.05, 4.69) is 18.3 Å². The first-order valence-electron chi connectivity index (χ1n) is 7.41. The van der Waals surface area contributed by atoms with Gasteiger partial charge in [-0.1, -0.05) is 31.9 Å². The van der Waals surface area contributed by atoms with Crippen molar-refractivity contribution in [3.8, 4) is 11.5 Å². The van der Waals surface area contributed by atoms with Crippen molar-refractivity contribution in [2.24, 2.45) is 5.41 Å². The van der Waals surface area contributed by atoms with Crippen LogP contribution in [-0.2, 0) is 6.54 Å². The van der Waals surface area contributed by atoms with Gasteiger partial charge in [0.1, 0.15) is 0 Å². The van der Waals surface area contributed by atoms with Crippen molar-refractivity contribution < 1.29 is 9.47 Å². The van der Waals surface area contributed by atoms with Gasteiger partial charge in [-0.05, 0) is 30.7 Å². The van der Waals surface area contributed by atoms with Crippen molar-refractivity contribution in [2.75, 3.05) is 13.3 Å². The van der Waals surface area contributed by atoms with E-state index in [1.54, 1.807) is 0 Å². The second kappa shape index (κ2) is 5.41. The Morgan fingerprint density at radius 2 is 2.05 bits per heavy atom. The summed E-state index contributed by atoms with van der Waals surface area (Å²) in [6.45, 7) is 4.66. The number of rotatable bonds is 5. The first-order chi connectivity index (χ1) is 9.33. The molecule has 1 aromatic rings. The normalized spacial score (nSPS) is 19.8. The van der Waals surface area contributed by atoms with E-state index in [1.165, 1.54) is 37.7 Å². The summed E-state index contributed by atoms with van der Waals surface area (Å²) in [6.07, 6.45) is 6.83. The van der Waals surface area contributed by atoms with Crippen LogP contribution in [0.3, 0.4) is 0 Å². The smallest absolute Gasteiger partial charge is 0.231 e. The molecule has 104 valence electrons. The van der Waals surface area contributed by atoms with Crippen molar-refractivity contribution in [2.45, 2.75) is 45.6 Å². The molecular weight excluding hydrogens is 238 g/mol. The largest absolute Gasteiger partial charge is 0.454 e. The minimum atomic E-state index is 0.352. The lowest BCUT2D eigenvalue weighted by Crippen LogP contribution is -2.31. The van der Waals surface area contributed by atoms with E-state index >= 15 is 0 Å². The molecule has 1 heterocycles. The molecule has 1 saturated carbocycles. The molecule has 0 aromatic heterocycles. The predicted octanol–water partition coefficient (Wildman–Crippen LogP) is 3.48. The summed E-state index contributed by atoms with van der Waals surface area (Å²) < 4.78 is 11.0. The maximum atomic E-state index is 5.54. The lowest BCUT2D eigenvalue weighted by molar-refractivity contribution is 0.173. The van der Waals surface area contributed by atoms with Crippen LogP contribution in [0.2, 0.25) is 0 Å². The minimum Gasteiger partial charge on any atom is -0.454 e. The van der Waals surface area contributed by atoms with E-state index in [1.807, 2.05) is 12.1 Å². The fourth-order valence-corrected chi connectivity index (χ4v) is 3.37. The third kappa shape index (κ3) is 2.57. The molecule has 0 saturated heterocycles. The Morgan fingerprint density at radius 3 is 2.84 bits per heavy atom. The topological polar surface area (TPSA) is 30.5 Å². The van der Waals surface area contributed by atoms with Gasteiger partial charge < -0.3 is 14.8 Å². The molecule has 1 N–H and O–H groups in total. The third-order valence-corrected chi connectivity index (χ3v) is 4.71. The highest BCUT2D eigenvalue weighted by molar-refractivity contribution is 5.48. The molecule has 2 aliphatic rings. The van der Waals surface area contributed by atoms with Crippen LogP contribution in [0.4, 0.5) is 0 Å². The van der Waals surface area contributed by atoms with Crippen LogP contribution >= 0.6 is 0 Å². The predicted molar refractivity (Wildman–Crippen MR) is 75.5 cm³/mol. The van der Waals surface area contributed by atoms with Crippen LogP contribution in [-0.4, -0.2) is 13.3 Å². The number of hydrogen-bond donors (Lipinski definition) is 1. The molecule has 0 unspecified atom stereocenters. The van der Waals surface area contributed by atoms with E-state index in [-0.39, 0.29) is 0 Å². The van der Waals surface area contributed by atoms with Crippen molar-refractivity contribution in [3.63, 3.8) is 0 Å². The molecule has 19 heavy (non-hydrogen) atoms. The van der Waals surface area contributed by atoms with Gasteiger partial charge in [-0.2, -0.15) is 0 Å². The van der Waals surface area contributed by atoms with Gasteiger partial charge in [-0.3, -0.25) is 0 Å². The minimum absolute atomic E-state index is 0.352. The highest BCUT2D eigenvalue weighted by Crippen LogP contribution is 2.40. The number of nitrogens with one attached hydrogen (secondary N) is 1. The molecule has 3 rings (SSSR count). The Morgan fingerprint density at radius 1 is 1.21 bits per heavy atom. The van der Waals surface area contributed by atoms with Gasteiger partial charge in [0.25, 0.3) is 0 Å². The summed E-state index contributed by atoms with van der Waals surface area (Å²) in [4.78, 5) is 0. The van der Waals surface area contributed by atoms with Crippen LogP contribution in [0.15, 0.2) is 18.2 Å². The van der Waals surface area contributed by atoms with Crippen molar-refractivity contribution in [1.82, 2.24) is 5.32 Å². The Hall–Kier alpha value is -1.22. The Balaban J connectivity index is 1.59. The first-order valence-corrected chi connectivity index (χ1v) is 7.41. The van der Waals surface area contributed by atoms with Gasteiger partial charge in [0, 0.05) is 18.7 Å². The molecule has 0 atom stereocenters. The number of benzene rings is 1. The van der Waals surface area contributed by atoms with Crippen molar-refractivity contribution in [3.05, 3.63) is 23.8 Å². The van der Waals surface area contributed by atoms with E-state index in [0.29, 0.717) is 12.2 Å². The van der Waals surface area contributed by atoms with Crippen molar-refractivity contribution >= 4 is 0 Å². The molecule has 0 radical (unpaired) electrons. The van der Waals surface area contributed by atoms with E-state index in [9.17, 15) is 0 Å². The average Bonchev–Trinajstić information content (AvgIpc) is 3.08. The highest BCUT2D eigenvalue weighted by atomic mass is 16.7. The summed E-state index contributed by atoms with van der Waals surface area (Å²) in [6, 6.07) is 6.12. The molecule has 1 aromatic carbocycles. The van der Waals surface area contributed by atoms with Crippen LogP contribution in [0.1, 0.15) is 44.6 Å². The van der Waals surface area contributed by atoms with E-state index in [0.717, 1.165) is 24.6 Å². The first kappa shape index (κ1) is 12.8. The lowest BCUT2D eigenvalue weighted by Gasteiger charge is -2.27. The van der Waals surface area contributed by atoms with E-state index < -0.39 is 0 Å². The SMILES string of the molecule is CCC1(CNCc2cccc3c2OCO3)CCCC1. The van der Waals surface area contributed by atoms with Crippen LogP contribution < -0.4 is 14.8 Å². The molecule has 1 aliphatic carbocycles. The van der Waals surface area contributed by atoms with Gasteiger partial charge in [0.2, 0.25) is 6.79 Å². The molecule has 3 nitrogen and oxygen atoms in total. The molecular formula is C16H23NO2. The maximum Gasteiger partial charge on any atom is 0.231 e. The van der Waals surface area contributed by atoms with Crippen LogP contribution in [0.25, 0.3) is 0 Å². The lowest BCUT2D eigenvalue weighted by atomic mass is 9.83. The summed E-state index contributed by atoms with van der Waals surface area (Å²) in [5, 5.41) is 3.63. The summed E-state index contributed by atoms with van der Waals surface area (Å²) >= 11 is 0. The van der Waals surface area contributed by atoms with Gasteiger partial charge in [-0.25, -0.2) is 0 Å². The van der Waals surface area contributed by atoms with Crippen LogP contribution in [0.5, 0.6) is 11.5 Å². The molecule has 0 amide bonds. The van der Waals surface area contributed by atoms with Gasteiger partial charge >= 0.3 is 0 Å². The Kier molecular flexibility index (Phi) is 3.65. The quantitative estimate of drug-likeness (QED) is 0.880. The standard InChI is InChI=1S/C16H23NO2/c1-2-16(8-3-4-9-16)11-17-10-13-6-5-7-14-15(13)19-12-18-14/h5-7,17H,2-4,8-12H2,1H3. The Bertz CT molecular complexity index is 438. The molecule has 3 heteroatoms. The zero-order chi connectivity index (χ0) is 13.1. The van der Waals surface area contributed by atoms with Crippen molar-refractivity contribution in [1.29, 1.82) is 0 Å². The zero-order valence-electron chi connectivity index (χ0n) is 11.7. The molecule has 0 bridgehead atoms. The van der Waals surface area contributed by atoms with Crippen LogP contribution in [0, 0.1) is 5.41 Å². The maximum absolute atomic E-state index is 5.54. The summed E-state index contributed by atoms with van der Waals surface area (Å²) in [5.41, 5.74) is 1.74. The molecule has 0 spiro atoms. The average molecular weight is 261 g/mol. The zero-order valence-corrected chi connectivity index (χ0v) is 11.7. The monoisotopic (exact) mass is 261 g/mol. The number of hydrogen-bond acceptors (Lipinski definition) is 3. The highest BCUT2D eigenvalue weighted by Gasteiger charge is 2.31.